The smallest absolute Gasteiger partial charge is 0.303 e. The Hall–Kier alpha value is -1.62. The summed E-state index contributed by atoms with van der Waals surface area (Å²) < 4.78 is 2.94. The van der Waals surface area contributed by atoms with Gasteiger partial charge in [-0.1, -0.05) is 28.1 Å². The second-order valence-corrected chi connectivity index (χ2v) is 4.94. The largest absolute Gasteiger partial charge is 0.481 e. The lowest BCUT2D eigenvalue weighted by molar-refractivity contribution is -0.137. The molecule has 0 fully saturated rings. The summed E-state index contributed by atoms with van der Waals surface area (Å²) in [6, 6.07) is 7.94. The van der Waals surface area contributed by atoms with Crippen LogP contribution in [0.5, 0.6) is 0 Å². The van der Waals surface area contributed by atoms with Crippen molar-refractivity contribution in [2.45, 2.75) is 12.8 Å². The summed E-state index contributed by atoms with van der Waals surface area (Å²) in [4.78, 5) is 14.8. The van der Waals surface area contributed by atoms with Gasteiger partial charge >= 0.3 is 5.97 Å². The molecule has 0 aliphatic carbocycles. The number of hydrogen-bond acceptors (Lipinski definition) is 2. The number of carboxylic acid groups (broad SMARTS) is 1. The van der Waals surface area contributed by atoms with Crippen LogP contribution < -0.4 is 0 Å². The Morgan fingerprint density at radius 3 is 2.94 bits per heavy atom. The third-order valence-electron chi connectivity index (χ3n) is 2.77. The molecule has 4 nitrogen and oxygen atoms in total. The molecule has 18 heavy (non-hydrogen) atoms. The van der Waals surface area contributed by atoms with Crippen LogP contribution in [0.2, 0.25) is 0 Å². The van der Waals surface area contributed by atoms with Crippen LogP contribution in [-0.2, 0) is 18.3 Å². The van der Waals surface area contributed by atoms with E-state index < -0.39 is 5.97 Å². The van der Waals surface area contributed by atoms with Gasteiger partial charge in [0.1, 0.15) is 5.82 Å². The minimum absolute atomic E-state index is 0.1000. The maximum Gasteiger partial charge on any atom is 0.303 e. The number of carbonyl (C=O) groups is 1. The zero-order valence-corrected chi connectivity index (χ0v) is 11.5. The molecule has 0 amide bonds. The molecule has 0 bridgehead atoms. The molecule has 94 valence electrons. The van der Waals surface area contributed by atoms with Gasteiger partial charge < -0.3 is 9.67 Å². The molecule has 0 saturated heterocycles. The summed E-state index contributed by atoms with van der Waals surface area (Å²) in [5.74, 6) is -0.0191. The number of aromatic nitrogens is 2. The maximum absolute atomic E-state index is 10.6. The quantitative estimate of drug-likeness (QED) is 0.945. The Morgan fingerprint density at radius 2 is 2.28 bits per heavy atom. The van der Waals surface area contributed by atoms with Gasteiger partial charge in [0, 0.05) is 23.5 Å². The lowest BCUT2D eigenvalue weighted by Crippen LogP contribution is -2.04. The molecule has 0 spiro atoms. The van der Waals surface area contributed by atoms with Gasteiger partial charge in [0.15, 0.2) is 0 Å². The third kappa shape index (κ3) is 2.79. The highest BCUT2D eigenvalue weighted by atomic mass is 79.9. The van der Waals surface area contributed by atoms with Crippen molar-refractivity contribution in [3.63, 3.8) is 0 Å². The van der Waals surface area contributed by atoms with Crippen LogP contribution in [0.1, 0.15) is 12.2 Å². The maximum atomic E-state index is 10.6. The Morgan fingerprint density at radius 1 is 1.50 bits per heavy atom. The Kier molecular flexibility index (Phi) is 3.81. The van der Waals surface area contributed by atoms with Crippen LogP contribution >= 0.6 is 15.9 Å². The van der Waals surface area contributed by atoms with E-state index in [1.807, 2.05) is 35.9 Å². The zero-order chi connectivity index (χ0) is 13.1. The summed E-state index contributed by atoms with van der Waals surface area (Å²) in [5.41, 5.74) is 2.04. The first kappa shape index (κ1) is 12.8. The summed E-state index contributed by atoms with van der Waals surface area (Å²) in [7, 11) is 1.90. The van der Waals surface area contributed by atoms with Crippen LogP contribution in [-0.4, -0.2) is 20.6 Å². The highest BCUT2D eigenvalue weighted by Crippen LogP contribution is 2.23. The topological polar surface area (TPSA) is 55.1 Å². The van der Waals surface area contributed by atoms with Crippen molar-refractivity contribution in [2.75, 3.05) is 0 Å². The first-order valence-corrected chi connectivity index (χ1v) is 6.35. The van der Waals surface area contributed by atoms with Crippen LogP contribution in [0.3, 0.4) is 0 Å². The van der Waals surface area contributed by atoms with Crippen molar-refractivity contribution in [1.82, 2.24) is 9.55 Å². The number of imidazole rings is 1. The lowest BCUT2D eigenvalue weighted by atomic mass is 10.2. The van der Waals surface area contributed by atoms with Crippen LogP contribution in [0.15, 0.2) is 34.9 Å². The number of benzene rings is 1. The molecule has 0 aliphatic heterocycles. The SMILES string of the molecule is Cn1c(-c2cccc(Br)c2)cnc1CCC(=O)O. The van der Waals surface area contributed by atoms with Crippen molar-refractivity contribution < 1.29 is 9.90 Å². The predicted octanol–water partition coefficient (Wildman–Crippen LogP) is 2.87. The summed E-state index contributed by atoms with van der Waals surface area (Å²) in [6.07, 6.45) is 2.32. The van der Waals surface area contributed by atoms with Gasteiger partial charge in [-0.05, 0) is 12.1 Å². The Labute approximate surface area is 113 Å². The van der Waals surface area contributed by atoms with Gasteiger partial charge in [-0.25, -0.2) is 4.98 Å². The van der Waals surface area contributed by atoms with Gasteiger partial charge in [-0.3, -0.25) is 4.79 Å². The van der Waals surface area contributed by atoms with E-state index in [9.17, 15) is 4.79 Å². The van der Waals surface area contributed by atoms with E-state index in [1.165, 1.54) is 0 Å². The molecule has 0 atom stereocenters. The van der Waals surface area contributed by atoms with E-state index in [1.54, 1.807) is 6.20 Å². The first-order valence-electron chi connectivity index (χ1n) is 5.56. The molecule has 1 N–H and O–H groups in total. The number of rotatable bonds is 4. The molecule has 0 unspecified atom stereocenters. The van der Waals surface area contributed by atoms with E-state index in [0.29, 0.717) is 6.42 Å². The number of aryl methyl sites for hydroxylation is 1. The fourth-order valence-corrected chi connectivity index (χ4v) is 2.21. The number of aliphatic carboxylic acids is 1. The molecule has 0 saturated carbocycles. The highest BCUT2D eigenvalue weighted by molar-refractivity contribution is 9.10. The van der Waals surface area contributed by atoms with Crippen LogP contribution in [0.25, 0.3) is 11.3 Å². The first-order chi connectivity index (χ1) is 8.58. The average molecular weight is 309 g/mol. The molecule has 1 aromatic heterocycles. The van der Waals surface area contributed by atoms with Gasteiger partial charge in [-0.15, -0.1) is 0 Å². The van der Waals surface area contributed by atoms with E-state index in [0.717, 1.165) is 21.6 Å². The highest BCUT2D eigenvalue weighted by Gasteiger charge is 2.10. The molecule has 0 radical (unpaired) electrons. The third-order valence-corrected chi connectivity index (χ3v) is 3.26. The Balaban J connectivity index is 2.28. The van der Waals surface area contributed by atoms with E-state index in [2.05, 4.69) is 20.9 Å². The predicted molar refractivity (Wildman–Crippen MR) is 72.3 cm³/mol. The molecular weight excluding hydrogens is 296 g/mol. The number of halogens is 1. The monoisotopic (exact) mass is 308 g/mol. The minimum Gasteiger partial charge on any atom is -0.481 e. The van der Waals surface area contributed by atoms with Gasteiger partial charge in [0.05, 0.1) is 18.3 Å². The van der Waals surface area contributed by atoms with Crippen molar-refractivity contribution >= 4 is 21.9 Å². The average Bonchev–Trinajstić information content (AvgIpc) is 2.68. The molecular formula is C13H13BrN2O2. The summed E-state index contributed by atoms with van der Waals surface area (Å²) in [5, 5.41) is 8.68. The summed E-state index contributed by atoms with van der Waals surface area (Å²) >= 11 is 3.43. The fraction of sp³-hybridized carbons (Fsp3) is 0.231. The summed E-state index contributed by atoms with van der Waals surface area (Å²) in [6.45, 7) is 0. The van der Waals surface area contributed by atoms with E-state index >= 15 is 0 Å². The molecule has 0 aliphatic rings. The molecule has 1 aromatic carbocycles. The van der Waals surface area contributed by atoms with Gasteiger partial charge in [0.25, 0.3) is 0 Å². The van der Waals surface area contributed by atoms with Gasteiger partial charge in [-0.2, -0.15) is 0 Å². The van der Waals surface area contributed by atoms with Crippen molar-refractivity contribution in [3.8, 4) is 11.3 Å². The second kappa shape index (κ2) is 5.35. The second-order valence-electron chi connectivity index (χ2n) is 4.02. The van der Waals surface area contributed by atoms with Crippen LogP contribution in [0, 0.1) is 0 Å². The number of carboxylic acids is 1. The Bertz CT molecular complexity index is 578. The van der Waals surface area contributed by atoms with Crippen molar-refractivity contribution in [3.05, 3.63) is 40.8 Å². The fourth-order valence-electron chi connectivity index (χ4n) is 1.81. The minimum atomic E-state index is -0.804. The van der Waals surface area contributed by atoms with E-state index in [-0.39, 0.29) is 6.42 Å². The number of nitrogens with zero attached hydrogens (tertiary/aromatic N) is 2. The molecule has 5 heteroatoms. The molecule has 1 heterocycles. The molecule has 2 aromatic rings. The van der Waals surface area contributed by atoms with Crippen molar-refractivity contribution in [2.24, 2.45) is 7.05 Å². The van der Waals surface area contributed by atoms with Crippen molar-refractivity contribution in [1.29, 1.82) is 0 Å². The standard InChI is InChI=1S/C13H13BrN2O2/c1-16-11(9-3-2-4-10(14)7-9)8-15-12(16)5-6-13(17)18/h2-4,7-8H,5-6H2,1H3,(H,17,18). The normalized spacial score (nSPS) is 10.6. The van der Waals surface area contributed by atoms with Crippen LogP contribution in [0.4, 0.5) is 0 Å². The van der Waals surface area contributed by atoms with E-state index in [4.69, 9.17) is 5.11 Å². The molecule has 2 rings (SSSR count). The lowest BCUT2D eigenvalue weighted by Gasteiger charge is -2.05. The zero-order valence-electron chi connectivity index (χ0n) is 9.93. The number of hydrogen-bond donors (Lipinski definition) is 1. The van der Waals surface area contributed by atoms with Gasteiger partial charge in [0.2, 0.25) is 0 Å².